The van der Waals surface area contributed by atoms with Gasteiger partial charge in [0.1, 0.15) is 5.56 Å². The molecule has 3 aromatic rings. The monoisotopic (exact) mass is 429 g/mol. The number of nitrogens with zero attached hydrogens (tertiary/aromatic N) is 1. The first-order valence-electron chi connectivity index (χ1n) is 11.1. The number of ether oxygens (including phenoxy) is 1. The summed E-state index contributed by atoms with van der Waals surface area (Å²) in [5, 5.41) is 3.07. The van der Waals surface area contributed by atoms with Crippen molar-refractivity contribution in [3.8, 4) is 11.1 Å². The molecule has 6 nitrogen and oxygen atoms in total. The third kappa shape index (κ3) is 3.87. The van der Waals surface area contributed by atoms with Gasteiger partial charge in [-0.3, -0.25) is 14.5 Å². The molecule has 2 aromatic carbocycles. The van der Waals surface area contributed by atoms with E-state index in [1.807, 2.05) is 42.5 Å². The molecule has 1 aromatic heterocycles. The average molecular weight is 430 g/mol. The average Bonchev–Trinajstić information content (AvgIpc) is 3.07. The highest BCUT2D eigenvalue weighted by molar-refractivity contribution is 5.95. The lowest BCUT2D eigenvalue weighted by Crippen LogP contribution is -2.45. The van der Waals surface area contributed by atoms with Crippen molar-refractivity contribution in [1.82, 2.24) is 15.2 Å². The fourth-order valence-electron chi connectivity index (χ4n) is 4.96. The minimum atomic E-state index is -0.372. The predicted octanol–water partition coefficient (Wildman–Crippen LogP) is 3.48. The molecule has 164 valence electrons. The summed E-state index contributed by atoms with van der Waals surface area (Å²) in [6.07, 6.45) is 0.320. The highest BCUT2D eigenvalue weighted by Crippen LogP contribution is 2.43. The number of carbonyl (C=O) groups is 1. The van der Waals surface area contributed by atoms with E-state index < -0.39 is 0 Å². The Labute approximate surface area is 187 Å². The Morgan fingerprint density at radius 1 is 0.969 bits per heavy atom. The summed E-state index contributed by atoms with van der Waals surface area (Å²) in [6.45, 7) is 6.36. The minimum absolute atomic E-state index is 0.124. The SMILES string of the molecule is C[C@@H]1CN(Cc2ccc(C(=O)NC3c4ccccc4-c4ccccc43)c(=O)[nH]2)C[C@H](C)O1. The Bertz CT molecular complexity index is 1160. The molecule has 0 spiro atoms. The van der Waals surface area contributed by atoms with Crippen LogP contribution in [0.15, 0.2) is 65.5 Å². The molecule has 5 rings (SSSR count). The van der Waals surface area contributed by atoms with Crippen LogP contribution in [0.3, 0.4) is 0 Å². The Balaban J connectivity index is 1.35. The molecule has 1 aliphatic heterocycles. The molecule has 2 heterocycles. The van der Waals surface area contributed by atoms with Gasteiger partial charge in [-0.05, 0) is 48.2 Å². The second-order valence-corrected chi connectivity index (χ2v) is 8.76. The van der Waals surface area contributed by atoms with Gasteiger partial charge >= 0.3 is 0 Å². The molecule has 1 aliphatic carbocycles. The molecule has 0 bridgehead atoms. The van der Waals surface area contributed by atoms with Gasteiger partial charge in [0.2, 0.25) is 0 Å². The lowest BCUT2D eigenvalue weighted by atomic mass is 10.0. The number of hydrogen-bond acceptors (Lipinski definition) is 4. The van der Waals surface area contributed by atoms with Gasteiger partial charge in [0.05, 0.1) is 18.2 Å². The van der Waals surface area contributed by atoms with Crippen LogP contribution in [0.5, 0.6) is 0 Å². The maximum atomic E-state index is 13.1. The van der Waals surface area contributed by atoms with E-state index in [0.717, 1.165) is 41.0 Å². The lowest BCUT2D eigenvalue weighted by molar-refractivity contribution is -0.0707. The molecule has 6 heteroatoms. The second kappa shape index (κ2) is 8.37. The third-order valence-corrected chi connectivity index (χ3v) is 6.21. The van der Waals surface area contributed by atoms with Crippen LogP contribution in [-0.2, 0) is 11.3 Å². The fraction of sp³-hybridized carbons (Fsp3) is 0.308. The van der Waals surface area contributed by atoms with E-state index in [9.17, 15) is 9.59 Å². The van der Waals surface area contributed by atoms with E-state index in [1.165, 1.54) is 0 Å². The van der Waals surface area contributed by atoms with E-state index in [4.69, 9.17) is 4.74 Å². The molecular formula is C26H27N3O3. The molecule has 1 fully saturated rings. The Kier molecular flexibility index (Phi) is 5.41. The predicted molar refractivity (Wildman–Crippen MR) is 124 cm³/mol. The molecule has 1 saturated heterocycles. The van der Waals surface area contributed by atoms with E-state index in [1.54, 1.807) is 6.07 Å². The van der Waals surface area contributed by atoms with Crippen LogP contribution >= 0.6 is 0 Å². The number of nitrogens with one attached hydrogen (secondary N) is 2. The van der Waals surface area contributed by atoms with E-state index in [-0.39, 0.29) is 35.3 Å². The Hall–Kier alpha value is -3.22. The van der Waals surface area contributed by atoms with E-state index in [2.05, 4.69) is 41.2 Å². The van der Waals surface area contributed by atoms with Crippen LogP contribution in [-0.4, -0.2) is 41.1 Å². The number of fused-ring (bicyclic) bond motifs is 3. The molecule has 0 radical (unpaired) electrons. The number of pyridine rings is 1. The number of morpholine rings is 1. The summed E-state index contributed by atoms with van der Waals surface area (Å²) in [6, 6.07) is 19.3. The summed E-state index contributed by atoms with van der Waals surface area (Å²) in [5.41, 5.74) is 4.88. The smallest absolute Gasteiger partial charge is 0.261 e. The largest absolute Gasteiger partial charge is 0.373 e. The van der Waals surface area contributed by atoms with Crippen LogP contribution < -0.4 is 10.9 Å². The van der Waals surface area contributed by atoms with Crippen molar-refractivity contribution in [2.24, 2.45) is 0 Å². The summed E-state index contributed by atoms with van der Waals surface area (Å²) in [7, 11) is 0. The number of amides is 1. The molecule has 2 N–H and O–H groups in total. The van der Waals surface area contributed by atoms with Gasteiger partial charge in [-0.1, -0.05) is 48.5 Å². The van der Waals surface area contributed by atoms with Crippen LogP contribution in [0.25, 0.3) is 11.1 Å². The third-order valence-electron chi connectivity index (χ3n) is 6.21. The molecule has 1 amide bonds. The quantitative estimate of drug-likeness (QED) is 0.666. The zero-order chi connectivity index (χ0) is 22.2. The van der Waals surface area contributed by atoms with Crippen molar-refractivity contribution in [2.75, 3.05) is 13.1 Å². The Morgan fingerprint density at radius 2 is 1.56 bits per heavy atom. The molecule has 0 unspecified atom stereocenters. The number of carbonyl (C=O) groups excluding carboxylic acids is 1. The van der Waals surface area contributed by atoms with E-state index >= 15 is 0 Å². The molecule has 32 heavy (non-hydrogen) atoms. The number of benzene rings is 2. The van der Waals surface area contributed by atoms with Crippen LogP contribution in [0.2, 0.25) is 0 Å². The first kappa shape index (κ1) is 20.7. The van der Waals surface area contributed by atoms with Crippen LogP contribution in [0.1, 0.15) is 47.1 Å². The van der Waals surface area contributed by atoms with Crippen LogP contribution in [0.4, 0.5) is 0 Å². The van der Waals surface area contributed by atoms with Gasteiger partial charge in [-0.2, -0.15) is 0 Å². The Morgan fingerprint density at radius 3 is 2.16 bits per heavy atom. The molecular weight excluding hydrogens is 402 g/mol. The lowest BCUT2D eigenvalue weighted by Gasteiger charge is -2.35. The number of H-pyrrole nitrogens is 1. The summed E-state index contributed by atoms with van der Waals surface area (Å²) in [5.74, 6) is -0.372. The summed E-state index contributed by atoms with van der Waals surface area (Å²) >= 11 is 0. The maximum absolute atomic E-state index is 13.1. The van der Waals surface area contributed by atoms with Crippen molar-refractivity contribution in [1.29, 1.82) is 0 Å². The number of rotatable bonds is 4. The van der Waals surface area contributed by atoms with Gasteiger partial charge in [-0.15, -0.1) is 0 Å². The fourth-order valence-corrected chi connectivity index (χ4v) is 4.96. The van der Waals surface area contributed by atoms with Crippen molar-refractivity contribution >= 4 is 5.91 Å². The number of aromatic nitrogens is 1. The van der Waals surface area contributed by atoms with Gasteiger partial charge in [0, 0.05) is 25.3 Å². The first-order valence-corrected chi connectivity index (χ1v) is 11.1. The normalized spacial score (nSPS) is 20.6. The number of hydrogen-bond donors (Lipinski definition) is 2. The highest BCUT2D eigenvalue weighted by Gasteiger charge is 2.30. The van der Waals surface area contributed by atoms with Crippen LogP contribution in [0, 0.1) is 0 Å². The van der Waals surface area contributed by atoms with E-state index in [0.29, 0.717) is 6.54 Å². The van der Waals surface area contributed by atoms with Gasteiger partial charge < -0.3 is 15.0 Å². The van der Waals surface area contributed by atoms with Gasteiger partial charge in [0.15, 0.2) is 0 Å². The van der Waals surface area contributed by atoms with Crippen molar-refractivity contribution in [3.63, 3.8) is 0 Å². The maximum Gasteiger partial charge on any atom is 0.261 e. The van der Waals surface area contributed by atoms with Gasteiger partial charge in [-0.25, -0.2) is 0 Å². The molecule has 2 aliphatic rings. The van der Waals surface area contributed by atoms with Gasteiger partial charge in [0.25, 0.3) is 11.5 Å². The number of aromatic amines is 1. The standard InChI is InChI=1S/C26H27N3O3/c1-16-13-29(14-17(2)32-16)15-18-11-12-23(25(30)27-18)26(31)28-24-21-9-5-3-7-19(21)20-8-4-6-10-22(20)24/h3-12,16-17,24H,13-15H2,1-2H3,(H,27,30)(H,28,31)/t16-,17+. The summed E-state index contributed by atoms with van der Waals surface area (Å²) < 4.78 is 5.78. The first-order chi connectivity index (χ1) is 15.5. The topological polar surface area (TPSA) is 74.4 Å². The minimum Gasteiger partial charge on any atom is -0.373 e. The molecule has 0 saturated carbocycles. The van der Waals surface area contributed by atoms with Crippen molar-refractivity contribution in [3.05, 3.63) is 93.4 Å². The highest BCUT2D eigenvalue weighted by atomic mass is 16.5. The summed E-state index contributed by atoms with van der Waals surface area (Å²) in [4.78, 5) is 31.0. The second-order valence-electron chi connectivity index (χ2n) is 8.76. The van der Waals surface area contributed by atoms with Crippen molar-refractivity contribution in [2.45, 2.75) is 38.6 Å². The molecule has 2 atom stereocenters. The zero-order valence-electron chi connectivity index (χ0n) is 18.3. The van der Waals surface area contributed by atoms with Crippen molar-refractivity contribution < 1.29 is 9.53 Å². The zero-order valence-corrected chi connectivity index (χ0v) is 18.3.